The second-order valence-corrected chi connectivity index (χ2v) is 20.2. The molecule has 0 spiro atoms. The predicted octanol–water partition coefficient (Wildman–Crippen LogP) is 15.5. The third-order valence-electron chi connectivity index (χ3n) is 15.1. The van der Waals surface area contributed by atoms with Gasteiger partial charge in [0.2, 0.25) is 0 Å². The third kappa shape index (κ3) is 5.41. The Kier molecular flexibility index (Phi) is 7.88. The Morgan fingerprint density at radius 3 is 1.90 bits per heavy atom. The van der Waals surface area contributed by atoms with E-state index in [9.17, 15) is 0 Å². The van der Waals surface area contributed by atoms with Crippen LogP contribution in [0.15, 0.2) is 132 Å². The van der Waals surface area contributed by atoms with Gasteiger partial charge in [-0.15, -0.1) is 0 Å². The van der Waals surface area contributed by atoms with Crippen LogP contribution >= 0.6 is 0 Å². The van der Waals surface area contributed by atoms with E-state index in [0.717, 1.165) is 25.7 Å². The van der Waals surface area contributed by atoms with Gasteiger partial charge in [0.1, 0.15) is 0 Å². The van der Waals surface area contributed by atoms with Gasteiger partial charge in [-0.25, -0.2) is 0 Å². The average Bonchev–Trinajstić information content (AvgIpc) is 3.75. The van der Waals surface area contributed by atoms with Crippen LogP contribution in [-0.4, -0.2) is 9.13 Å². The van der Waals surface area contributed by atoms with Crippen molar-refractivity contribution in [2.24, 2.45) is 0 Å². The van der Waals surface area contributed by atoms with E-state index in [0.29, 0.717) is 0 Å². The van der Waals surface area contributed by atoms with Crippen molar-refractivity contribution < 1.29 is 0 Å². The lowest BCUT2D eigenvalue weighted by atomic mass is 9.69. The molecular weight excluding hydrogens is 749 g/mol. The fourth-order valence-corrected chi connectivity index (χ4v) is 11.8. The van der Waals surface area contributed by atoms with Crippen LogP contribution in [0.4, 0.5) is 0 Å². The lowest BCUT2D eigenvalue weighted by Gasteiger charge is -2.35. The Morgan fingerprint density at radius 2 is 1.15 bits per heavy atom. The van der Waals surface area contributed by atoms with Gasteiger partial charge in [-0.1, -0.05) is 123 Å². The van der Waals surface area contributed by atoms with Crippen LogP contribution < -0.4 is 0 Å². The summed E-state index contributed by atoms with van der Waals surface area (Å²) in [4.78, 5) is 0. The van der Waals surface area contributed by atoms with Crippen molar-refractivity contribution in [1.82, 2.24) is 9.13 Å². The number of hydrogen-bond acceptors (Lipinski definition) is 0. The summed E-state index contributed by atoms with van der Waals surface area (Å²) in [5.41, 5.74) is 29.7. The molecular formula is C60H54N2. The van der Waals surface area contributed by atoms with Crippen molar-refractivity contribution in [3.63, 3.8) is 0 Å². The molecule has 0 aliphatic heterocycles. The summed E-state index contributed by atoms with van der Waals surface area (Å²) in [6.07, 6.45) is 13.5. The fraction of sp³-hybridized carbons (Fsp3) is 0.233. The maximum atomic E-state index is 2.55. The molecule has 0 bridgehead atoms. The SMILES string of the molecule is CC1=CCc2c(n(-c3ccc4c(c3)C(C)(C)Cc3cc(-c5ccc6c(c5)C(C)(C)c5cc(-n7c8c(c9cc(C)ccc97)C=C(C)CC8)ccc5-6)ccc3-4)c3ccc(C)cc23)C=C1. The van der Waals surface area contributed by atoms with E-state index in [2.05, 4.69) is 198 Å². The Balaban J connectivity index is 0.907. The highest BCUT2D eigenvalue weighted by Gasteiger charge is 2.37. The van der Waals surface area contributed by atoms with Crippen LogP contribution in [0.3, 0.4) is 0 Å². The van der Waals surface area contributed by atoms with Crippen LogP contribution in [0.5, 0.6) is 0 Å². The standard InChI is InChI=1S/C60H54N2/c1-35-9-18-48-49-27-36(2)11-24-56(49)61(55(48)23-10-35)42-16-21-45-44-19-14-39(30-41(44)34-59(5,6)52(45)32-42)40-15-20-46-47-22-17-43(33-54(47)60(7,8)53(46)31-40)62-57-25-12-37(3)28-50(57)51-29-38(4)13-26-58(51)62/h9-12,14-17,19-25,27-33H,13,18,26,34H2,1-8H3. The number of nitrogens with zero attached hydrogens (tertiary/aromatic N) is 2. The molecule has 2 heteroatoms. The molecule has 8 aromatic rings. The molecule has 6 aromatic carbocycles. The highest BCUT2D eigenvalue weighted by atomic mass is 15.0. The first kappa shape index (κ1) is 37.4. The minimum atomic E-state index is -0.132. The zero-order chi connectivity index (χ0) is 42.4. The number of aromatic nitrogens is 2. The van der Waals surface area contributed by atoms with Crippen molar-refractivity contribution in [1.29, 1.82) is 0 Å². The number of allylic oxidation sites excluding steroid dienone is 4. The van der Waals surface area contributed by atoms with Crippen LogP contribution in [0, 0.1) is 13.8 Å². The molecule has 0 unspecified atom stereocenters. The second kappa shape index (κ2) is 13.1. The summed E-state index contributed by atoms with van der Waals surface area (Å²) in [5, 5.41) is 2.73. The molecule has 2 heterocycles. The molecule has 2 aromatic heterocycles. The van der Waals surface area contributed by atoms with Crippen molar-refractivity contribution in [2.75, 3.05) is 0 Å². The molecule has 304 valence electrons. The number of benzene rings is 6. The molecule has 0 saturated carbocycles. The fourth-order valence-electron chi connectivity index (χ4n) is 11.8. The second-order valence-electron chi connectivity index (χ2n) is 20.2. The van der Waals surface area contributed by atoms with E-state index in [4.69, 9.17) is 0 Å². The van der Waals surface area contributed by atoms with Gasteiger partial charge in [0, 0.05) is 38.8 Å². The number of hydrogen-bond donors (Lipinski definition) is 0. The number of aryl methyl sites for hydroxylation is 2. The lowest BCUT2D eigenvalue weighted by Crippen LogP contribution is -2.26. The van der Waals surface area contributed by atoms with E-state index in [1.165, 1.54) is 134 Å². The van der Waals surface area contributed by atoms with E-state index >= 15 is 0 Å². The molecule has 0 N–H and O–H groups in total. The van der Waals surface area contributed by atoms with Crippen LogP contribution in [0.25, 0.3) is 78.7 Å². The van der Waals surface area contributed by atoms with Crippen molar-refractivity contribution >= 4 is 34.0 Å². The summed E-state index contributed by atoms with van der Waals surface area (Å²) in [6.45, 7) is 18.6. The summed E-state index contributed by atoms with van der Waals surface area (Å²) in [7, 11) is 0. The topological polar surface area (TPSA) is 9.86 Å². The minimum absolute atomic E-state index is 0.0288. The molecule has 0 amide bonds. The first-order valence-electron chi connectivity index (χ1n) is 22.7. The zero-order valence-electron chi connectivity index (χ0n) is 37.4. The Labute approximate surface area is 366 Å². The molecule has 0 atom stereocenters. The molecule has 0 fully saturated rings. The minimum Gasteiger partial charge on any atom is -0.313 e. The van der Waals surface area contributed by atoms with Crippen LogP contribution in [0.2, 0.25) is 0 Å². The van der Waals surface area contributed by atoms with Crippen molar-refractivity contribution in [3.05, 3.63) is 188 Å². The van der Waals surface area contributed by atoms with E-state index < -0.39 is 0 Å². The smallest absolute Gasteiger partial charge is 0.0537 e. The van der Waals surface area contributed by atoms with Gasteiger partial charge in [-0.05, 0) is 181 Å². The third-order valence-corrected chi connectivity index (χ3v) is 15.1. The Hall–Kier alpha value is -6.38. The number of fused-ring (bicyclic) bond motifs is 12. The molecule has 62 heavy (non-hydrogen) atoms. The summed E-state index contributed by atoms with van der Waals surface area (Å²) >= 11 is 0. The summed E-state index contributed by atoms with van der Waals surface area (Å²) < 4.78 is 5.06. The highest BCUT2D eigenvalue weighted by molar-refractivity contribution is 5.95. The molecule has 0 saturated heterocycles. The molecule has 4 aliphatic carbocycles. The zero-order valence-corrected chi connectivity index (χ0v) is 37.4. The van der Waals surface area contributed by atoms with Crippen molar-refractivity contribution in [2.45, 2.75) is 91.9 Å². The van der Waals surface area contributed by atoms with E-state index in [1.807, 2.05) is 0 Å². The van der Waals surface area contributed by atoms with Crippen LogP contribution in [0.1, 0.15) is 104 Å². The maximum absolute atomic E-state index is 2.55. The first-order valence-corrected chi connectivity index (χ1v) is 22.7. The van der Waals surface area contributed by atoms with Crippen molar-refractivity contribution in [3.8, 4) is 44.8 Å². The summed E-state index contributed by atoms with van der Waals surface area (Å²) in [6, 6.07) is 42.9. The first-order chi connectivity index (χ1) is 29.8. The van der Waals surface area contributed by atoms with Gasteiger partial charge < -0.3 is 9.13 Å². The van der Waals surface area contributed by atoms with E-state index in [1.54, 1.807) is 0 Å². The normalized spacial score (nSPS) is 16.5. The Bertz CT molecular complexity index is 3380. The average molecular weight is 803 g/mol. The summed E-state index contributed by atoms with van der Waals surface area (Å²) in [5.74, 6) is 0. The Morgan fingerprint density at radius 1 is 0.532 bits per heavy atom. The molecule has 12 rings (SSSR count). The largest absolute Gasteiger partial charge is 0.313 e. The number of rotatable bonds is 3. The predicted molar refractivity (Wildman–Crippen MR) is 263 cm³/mol. The van der Waals surface area contributed by atoms with Gasteiger partial charge in [0.05, 0.1) is 16.7 Å². The van der Waals surface area contributed by atoms with Gasteiger partial charge in [0.15, 0.2) is 0 Å². The molecule has 0 radical (unpaired) electrons. The van der Waals surface area contributed by atoms with Gasteiger partial charge in [0.25, 0.3) is 0 Å². The van der Waals surface area contributed by atoms with Crippen LogP contribution in [-0.2, 0) is 30.1 Å². The van der Waals surface area contributed by atoms with Gasteiger partial charge in [-0.2, -0.15) is 0 Å². The monoisotopic (exact) mass is 802 g/mol. The van der Waals surface area contributed by atoms with Gasteiger partial charge in [-0.3, -0.25) is 0 Å². The highest BCUT2D eigenvalue weighted by Crippen LogP contribution is 2.52. The molecule has 4 aliphatic rings. The molecule has 2 nitrogen and oxygen atoms in total. The maximum Gasteiger partial charge on any atom is 0.0537 e. The quantitative estimate of drug-likeness (QED) is 0.168. The lowest BCUT2D eigenvalue weighted by molar-refractivity contribution is 0.517. The van der Waals surface area contributed by atoms with Gasteiger partial charge >= 0.3 is 0 Å². The van der Waals surface area contributed by atoms with E-state index in [-0.39, 0.29) is 10.8 Å².